The lowest BCUT2D eigenvalue weighted by Gasteiger charge is -2.32. The number of hydrogen-bond acceptors (Lipinski definition) is 2. The second-order valence-corrected chi connectivity index (χ2v) is 6.72. The zero-order chi connectivity index (χ0) is 16.9. The normalized spacial score (nSPS) is 20.5. The summed E-state index contributed by atoms with van der Waals surface area (Å²) in [6, 6.07) is 14.2. The van der Waals surface area contributed by atoms with Gasteiger partial charge in [-0.25, -0.2) is 9.78 Å². The SMILES string of the molecule is Cc1cccnc1N(CC1CCC(c2ccccc2)CC1)C(N)=O. The van der Waals surface area contributed by atoms with Crippen LogP contribution in [0.2, 0.25) is 0 Å². The van der Waals surface area contributed by atoms with Gasteiger partial charge in [0, 0.05) is 12.7 Å². The van der Waals surface area contributed by atoms with Gasteiger partial charge in [0.1, 0.15) is 5.82 Å². The molecule has 24 heavy (non-hydrogen) atoms. The zero-order valence-corrected chi connectivity index (χ0v) is 14.2. The lowest BCUT2D eigenvalue weighted by atomic mass is 9.78. The summed E-state index contributed by atoms with van der Waals surface area (Å²) in [5, 5.41) is 0. The van der Waals surface area contributed by atoms with E-state index in [4.69, 9.17) is 5.73 Å². The van der Waals surface area contributed by atoms with Gasteiger partial charge in [-0.3, -0.25) is 4.90 Å². The molecule has 1 aliphatic carbocycles. The third kappa shape index (κ3) is 3.75. The molecule has 4 heteroatoms. The van der Waals surface area contributed by atoms with Crippen molar-refractivity contribution in [1.29, 1.82) is 0 Å². The van der Waals surface area contributed by atoms with E-state index in [0.717, 1.165) is 18.4 Å². The fourth-order valence-electron chi connectivity index (χ4n) is 3.70. The molecule has 0 unspecified atom stereocenters. The van der Waals surface area contributed by atoms with Crippen molar-refractivity contribution in [3.63, 3.8) is 0 Å². The Kier molecular flexibility index (Phi) is 5.14. The Morgan fingerprint density at radius 2 is 1.83 bits per heavy atom. The highest BCUT2D eigenvalue weighted by atomic mass is 16.2. The van der Waals surface area contributed by atoms with Crippen LogP contribution in [-0.2, 0) is 0 Å². The fraction of sp³-hybridized carbons (Fsp3) is 0.400. The second kappa shape index (κ2) is 7.47. The van der Waals surface area contributed by atoms with E-state index < -0.39 is 6.03 Å². The van der Waals surface area contributed by atoms with Gasteiger partial charge in [-0.05, 0) is 61.6 Å². The van der Waals surface area contributed by atoms with Crippen molar-refractivity contribution in [2.24, 2.45) is 11.7 Å². The average Bonchev–Trinajstić information content (AvgIpc) is 2.61. The minimum Gasteiger partial charge on any atom is -0.351 e. The molecule has 1 aromatic carbocycles. The molecular weight excluding hydrogens is 298 g/mol. The van der Waals surface area contributed by atoms with Crippen molar-refractivity contribution >= 4 is 11.8 Å². The maximum absolute atomic E-state index is 11.9. The molecule has 1 heterocycles. The average molecular weight is 323 g/mol. The highest BCUT2D eigenvalue weighted by Crippen LogP contribution is 2.36. The van der Waals surface area contributed by atoms with Crippen molar-refractivity contribution in [3.8, 4) is 0 Å². The van der Waals surface area contributed by atoms with Crippen molar-refractivity contribution < 1.29 is 4.79 Å². The molecule has 0 bridgehead atoms. The van der Waals surface area contributed by atoms with E-state index in [-0.39, 0.29) is 0 Å². The van der Waals surface area contributed by atoms with E-state index >= 15 is 0 Å². The first-order valence-corrected chi connectivity index (χ1v) is 8.68. The molecule has 2 N–H and O–H groups in total. The van der Waals surface area contributed by atoms with Crippen LogP contribution in [0.1, 0.15) is 42.7 Å². The summed E-state index contributed by atoms with van der Waals surface area (Å²) < 4.78 is 0. The van der Waals surface area contributed by atoms with Crippen LogP contribution in [0.3, 0.4) is 0 Å². The smallest absolute Gasteiger partial charge is 0.320 e. The highest BCUT2D eigenvalue weighted by Gasteiger charge is 2.26. The molecule has 4 nitrogen and oxygen atoms in total. The molecule has 2 amide bonds. The molecule has 2 aromatic rings. The minimum atomic E-state index is -0.415. The molecule has 0 atom stereocenters. The third-order valence-corrected chi connectivity index (χ3v) is 5.06. The Morgan fingerprint density at radius 1 is 1.12 bits per heavy atom. The number of aryl methyl sites for hydroxylation is 1. The Bertz CT molecular complexity index is 678. The summed E-state index contributed by atoms with van der Waals surface area (Å²) in [5.74, 6) is 1.81. The third-order valence-electron chi connectivity index (χ3n) is 5.06. The largest absolute Gasteiger partial charge is 0.351 e. The van der Waals surface area contributed by atoms with E-state index in [1.165, 1.54) is 18.4 Å². The van der Waals surface area contributed by atoms with Crippen molar-refractivity contribution in [1.82, 2.24) is 4.98 Å². The summed E-state index contributed by atoms with van der Waals surface area (Å²) in [7, 11) is 0. The van der Waals surface area contributed by atoms with Crippen molar-refractivity contribution in [2.45, 2.75) is 38.5 Å². The predicted octanol–water partition coefficient (Wildman–Crippen LogP) is 4.25. The number of amides is 2. The number of benzene rings is 1. The van der Waals surface area contributed by atoms with Gasteiger partial charge in [-0.15, -0.1) is 0 Å². The van der Waals surface area contributed by atoms with Crippen LogP contribution >= 0.6 is 0 Å². The molecular formula is C20H25N3O. The van der Waals surface area contributed by atoms with Crippen LogP contribution in [0.25, 0.3) is 0 Å². The first-order chi connectivity index (χ1) is 11.6. The van der Waals surface area contributed by atoms with E-state index in [1.807, 2.05) is 19.1 Å². The van der Waals surface area contributed by atoms with Crippen LogP contribution < -0.4 is 10.6 Å². The molecule has 126 valence electrons. The predicted molar refractivity (Wildman–Crippen MR) is 97.0 cm³/mol. The van der Waals surface area contributed by atoms with Gasteiger partial charge in [0.15, 0.2) is 0 Å². The molecule has 0 spiro atoms. The number of pyridine rings is 1. The van der Waals surface area contributed by atoms with Crippen LogP contribution in [0.15, 0.2) is 48.7 Å². The van der Waals surface area contributed by atoms with E-state index in [1.54, 1.807) is 11.1 Å². The summed E-state index contributed by atoms with van der Waals surface area (Å²) in [5.41, 5.74) is 8.03. The molecule has 1 fully saturated rings. The Labute approximate surface area is 143 Å². The van der Waals surface area contributed by atoms with Crippen LogP contribution in [0.5, 0.6) is 0 Å². The van der Waals surface area contributed by atoms with Crippen LogP contribution in [-0.4, -0.2) is 17.6 Å². The minimum absolute atomic E-state index is 0.415. The van der Waals surface area contributed by atoms with Gasteiger partial charge in [-0.1, -0.05) is 36.4 Å². The van der Waals surface area contributed by atoms with Gasteiger partial charge in [-0.2, -0.15) is 0 Å². The van der Waals surface area contributed by atoms with Gasteiger partial charge in [0.25, 0.3) is 0 Å². The number of carbonyl (C=O) groups excluding carboxylic acids is 1. The highest BCUT2D eigenvalue weighted by molar-refractivity contribution is 5.90. The standard InChI is InChI=1S/C20H25N3O/c1-15-6-5-13-22-19(15)23(20(21)24)14-16-9-11-18(12-10-16)17-7-3-2-4-8-17/h2-8,13,16,18H,9-12,14H2,1H3,(H2,21,24). The quantitative estimate of drug-likeness (QED) is 0.914. The number of anilines is 1. The number of hydrogen-bond donors (Lipinski definition) is 1. The van der Waals surface area contributed by atoms with Crippen molar-refractivity contribution in [3.05, 3.63) is 59.8 Å². The number of rotatable bonds is 4. The molecule has 1 aromatic heterocycles. The number of nitrogens with two attached hydrogens (primary N) is 1. The summed E-state index contributed by atoms with van der Waals surface area (Å²) in [4.78, 5) is 17.9. The Balaban J connectivity index is 1.64. The Hall–Kier alpha value is -2.36. The van der Waals surface area contributed by atoms with Crippen LogP contribution in [0, 0.1) is 12.8 Å². The van der Waals surface area contributed by atoms with Gasteiger partial charge in [0.2, 0.25) is 0 Å². The van der Waals surface area contributed by atoms with E-state index in [9.17, 15) is 4.79 Å². The lowest BCUT2D eigenvalue weighted by molar-refractivity contribution is 0.250. The number of carbonyl (C=O) groups is 1. The molecule has 1 saturated carbocycles. The zero-order valence-electron chi connectivity index (χ0n) is 14.2. The van der Waals surface area contributed by atoms with Crippen molar-refractivity contribution in [2.75, 3.05) is 11.4 Å². The monoisotopic (exact) mass is 323 g/mol. The van der Waals surface area contributed by atoms with Crippen LogP contribution in [0.4, 0.5) is 10.6 Å². The van der Waals surface area contributed by atoms with Gasteiger partial charge >= 0.3 is 6.03 Å². The number of nitrogens with zero attached hydrogens (tertiary/aromatic N) is 2. The summed E-state index contributed by atoms with van der Waals surface area (Å²) >= 11 is 0. The number of primary amides is 1. The number of urea groups is 1. The first kappa shape index (κ1) is 16.5. The van der Waals surface area contributed by atoms with Gasteiger partial charge in [0.05, 0.1) is 0 Å². The molecule has 0 saturated heterocycles. The molecule has 1 aliphatic rings. The topological polar surface area (TPSA) is 59.2 Å². The van der Waals surface area contributed by atoms with Gasteiger partial charge < -0.3 is 5.73 Å². The first-order valence-electron chi connectivity index (χ1n) is 8.68. The van der Waals surface area contributed by atoms with E-state index in [2.05, 4.69) is 35.3 Å². The second-order valence-electron chi connectivity index (χ2n) is 6.72. The maximum atomic E-state index is 11.9. The lowest BCUT2D eigenvalue weighted by Crippen LogP contribution is -2.41. The Morgan fingerprint density at radius 3 is 2.46 bits per heavy atom. The summed E-state index contributed by atoms with van der Waals surface area (Å²) in [6.45, 7) is 2.62. The fourth-order valence-corrected chi connectivity index (χ4v) is 3.70. The molecule has 0 aliphatic heterocycles. The summed E-state index contributed by atoms with van der Waals surface area (Å²) in [6.07, 6.45) is 6.29. The number of aromatic nitrogens is 1. The maximum Gasteiger partial charge on any atom is 0.320 e. The molecule has 0 radical (unpaired) electrons. The van der Waals surface area contributed by atoms with E-state index in [0.29, 0.717) is 24.2 Å². The molecule has 3 rings (SSSR count).